The Kier molecular flexibility index (Phi) is 2.94. The minimum Gasteiger partial charge on any atom is -0.377 e. The second kappa shape index (κ2) is 4.35. The molecule has 0 aromatic carbocycles. The van der Waals surface area contributed by atoms with Crippen LogP contribution in [-0.2, 0) is 18.3 Å². The van der Waals surface area contributed by atoms with E-state index < -0.39 is 0 Å². The fourth-order valence-electron chi connectivity index (χ4n) is 3.70. The third kappa shape index (κ3) is 1.79. The Morgan fingerprint density at radius 3 is 3.11 bits per heavy atom. The number of nitrogens with zero attached hydrogens (tertiary/aromatic N) is 2. The highest BCUT2D eigenvalue weighted by Gasteiger charge is 2.57. The Morgan fingerprint density at radius 1 is 1.56 bits per heavy atom. The lowest BCUT2D eigenvalue weighted by Gasteiger charge is -2.60. The molecule has 100 valence electrons. The topological polar surface area (TPSA) is 39.1 Å². The highest BCUT2D eigenvalue weighted by atomic mass is 16.5. The lowest BCUT2D eigenvalue weighted by atomic mass is 9.55. The minimum atomic E-state index is 0.246. The molecule has 3 rings (SSSR count). The zero-order chi connectivity index (χ0) is 12.8. The van der Waals surface area contributed by atoms with Crippen LogP contribution in [0.5, 0.6) is 0 Å². The average Bonchev–Trinajstić information content (AvgIpc) is 2.75. The van der Waals surface area contributed by atoms with Gasteiger partial charge in [0.25, 0.3) is 0 Å². The third-order valence-corrected chi connectivity index (χ3v) is 4.73. The second-order valence-electron chi connectivity index (χ2n) is 6.23. The molecule has 1 aromatic heterocycles. The van der Waals surface area contributed by atoms with E-state index in [1.807, 2.05) is 19.4 Å². The summed E-state index contributed by atoms with van der Waals surface area (Å²) in [5, 5.41) is 3.69. The minimum absolute atomic E-state index is 0.246. The Morgan fingerprint density at radius 2 is 2.39 bits per heavy atom. The van der Waals surface area contributed by atoms with Gasteiger partial charge in [-0.15, -0.1) is 0 Å². The van der Waals surface area contributed by atoms with Crippen molar-refractivity contribution in [3.8, 4) is 0 Å². The van der Waals surface area contributed by atoms with Gasteiger partial charge in [0.15, 0.2) is 0 Å². The van der Waals surface area contributed by atoms with Crippen molar-refractivity contribution < 1.29 is 4.74 Å². The zero-order valence-electron chi connectivity index (χ0n) is 11.5. The van der Waals surface area contributed by atoms with Crippen molar-refractivity contribution in [2.24, 2.45) is 18.4 Å². The summed E-state index contributed by atoms with van der Waals surface area (Å²) in [5.74, 6) is 1.79. The van der Waals surface area contributed by atoms with Crippen LogP contribution in [-0.4, -0.2) is 28.3 Å². The summed E-state index contributed by atoms with van der Waals surface area (Å²) >= 11 is 0. The van der Waals surface area contributed by atoms with Crippen LogP contribution in [0.1, 0.15) is 32.5 Å². The monoisotopic (exact) mass is 249 g/mol. The molecule has 2 aliphatic rings. The number of ether oxygens (including phenoxy) is 1. The number of imidazole rings is 1. The van der Waals surface area contributed by atoms with Crippen molar-refractivity contribution in [1.29, 1.82) is 0 Å². The molecule has 1 saturated carbocycles. The first-order valence-corrected chi connectivity index (χ1v) is 6.92. The molecule has 0 bridgehead atoms. The number of rotatable bonds is 3. The Hall–Kier alpha value is -0.870. The molecule has 0 amide bonds. The van der Waals surface area contributed by atoms with Gasteiger partial charge in [0.1, 0.15) is 5.82 Å². The van der Waals surface area contributed by atoms with E-state index in [1.165, 1.54) is 12.8 Å². The number of nitrogens with one attached hydrogen (secondary N) is 1. The molecule has 0 spiro atoms. The fourth-order valence-corrected chi connectivity index (χ4v) is 3.70. The van der Waals surface area contributed by atoms with E-state index in [2.05, 4.69) is 28.7 Å². The summed E-state index contributed by atoms with van der Waals surface area (Å²) in [6.45, 7) is 6.42. The van der Waals surface area contributed by atoms with Crippen LogP contribution < -0.4 is 5.32 Å². The average molecular weight is 249 g/mol. The van der Waals surface area contributed by atoms with Crippen LogP contribution in [0.25, 0.3) is 0 Å². The third-order valence-electron chi connectivity index (χ3n) is 4.73. The predicted octanol–water partition coefficient (Wildman–Crippen LogP) is 1.71. The van der Waals surface area contributed by atoms with Gasteiger partial charge in [0.2, 0.25) is 0 Å². The maximum atomic E-state index is 5.92. The molecule has 3 unspecified atom stereocenters. The maximum Gasteiger partial charge on any atom is 0.122 e. The van der Waals surface area contributed by atoms with Crippen molar-refractivity contribution in [3.05, 3.63) is 18.2 Å². The van der Waals surface area contributed by atoms with E-state index >= 15 is 0 Å². The van der Waals surface area contributed by atoms with Gasteiger partial charge in [0, 0.05) is 43.4 Å². The normalized spacial score (nSPS) is 33.8. The molecule has 3 atom stereocenters. The molecule has 0 radical (unpaired) electrons. The molecule has 1 saturated heterocycles. The second-order valence-corrected chi connectivity index (χ2v) is 6.23. The van der Waals surface area contributed by atoms with E-state index in [4.69, 9.17) is 4.74 Å². The molecule has 1 N–H and O–H groups in total. The van der Waals surface area contributed by atoms with E-state index in [0.717, 1.165) is 19.0 Å². The van der Waals surface area contributed by atoms with Gasteiger partial charge in [-0.25, -0.2) is 4.98 Å². The van der Waals surface area contributed by atoms with E-state index in [1.54, 1.807) is 0 Å². The summed E-state index contributed by atoms with van der Waals surface area (Å²) in [4.78, 5) is 4.37. The predicted molar refractivity (Wildman–Crippen MR) is 70.1 cm³/mol. The van der Waals surface area contributed by atoms with Crippen LogP contribution in [0, 0.1) is 11.3 Å². The van der Waals surface area contributed by atoms with Gasteiger partial charge < -0.3 is 14.6 Å². The molecule has 1 aromatic rings. The van der Waals surface area contributed by atoms with Crippen LogP contribution in [0.15, 0.2) is 12.4 Å². The van der Waals surface area contributed by atoms with Gasteiger partial charge in [0.05, 0.1) is 12.6 Å². The molecule has 4 nitrogen and oxygen atoms in total. The van der Waals surface area contributed by atoms with Gasteiger partial charge in [-0.05, 0) is 12.8 Å². The summed E-state index contributed by atoms with van der Waals surface area (Å²) < 4.78 is 8.00. The highest BCUT2D eigenvalue weighted by Crippen LogP contribution is 2.51. The van der Waals surface area contributed by atoms with E-state index in [9.17, 15) is 0 Å². The molecular weight excluding hydrogens is 226 g/mol. The van der Waals surface area contributed by atoms with Crippen molar-refractivity contribution in [1.82, 2.24) is 14.9 Å². The maximum absolute atomic E-state index is 5.92. The molecule has 1 aliphatic carbocycles. The summed E-state index contributed by atoms with van der Waals surface area (Å²) in [6, 6.07) is 0.555. The van der Waals surface area contributed by atoms with Crippen molar-refractivity contribution in [2.45, 2.75) is 45.4 Å². The number of hydrogen-bond acceptors (Lipinski definition) is 3. The number of aromatic nitrogens is 2. The molecule has 2 heterocycles. The summed E-state index contributed by atoms with van der Waals surface area (Å²) in [7, 11) is 2.04. The smallest absolute Gasteiger partial charge is 0.122 e. The van der Waals surface area contributed by atoms with E-state index in [0.29, 0.717) is 18.1 Å². The van der Waals surface area contributed by atoms with Crippen LogP contribution >= 0.6 is 0 Å². The molecule has 1 aliphatic heterocycles. The standard InChI is InChI=1S/C14H23N3O/c1-14(2)12(10-5-4-8-18-13(10)14)16-9-11-15-6-7-17(11)3/h6-7,10,12-13,16H,4-5,8-9H2,1-3H3. The van der Waals surface area contributed by atoms with Crippen molar-refractivity contribution >= 4 is 0 Å². The molecule has 18 heavy (non-hydrogen) atoms. The number of fused-ring (bicyclic) bond motifs is 1. The van der Waals surface area contributed by atoms with Crippen LogP contribution in [0.3, 0.4) is 0 Å². The fraction of sp³-hybridized carbons (Fsp3) is 0.786. The summed E-state index contributed by atoms with van der Waals surface area (Å²) in [5.41, 5.74) is 0.246. The molecule has 2 fully saturated rings. The van der Waals surface area contributed by atoms with Crippen molar-refractivity contribution in [3.63, 3.8) is 0 Å². The van der Waals surface area contributed by atoms with E-state index in [-0.39, 0.29) is 5.41 Å². The molecular formula is C14H23N3O. The van der Waals surface area contributed by atoms with Crippen LogP contribution in [0.4, 0.5) is 0 Å². The Balaban J connectivity index is 1.64. The highest BCUT2D eigenvalue weighted by molar-refractivity contribution is 5.10. The van der Waals surface area contributed by atoms with Gasteiger partial charge >= 0.3 is 0 Å². The van der Waals surface area contributed by atoms with Gasteiger partial charge in [-0.2, -0.15) is 0 Å². The summed E-state index contributed by atoms with van der Waals surface area (Å²) in [6.07, 6.45) is 6.81. The first-order chi connectivity index (χ1) is 8.60. The number of aryl methyl sites for hydroxylation is 1. The van der Waals surface area contributed by atoms with Gasteiger partial charge in [-0.1, -0.05) is 13.8 Å². The van der Waals surface area contributed by atoms with Crippen molar-refractivity contribution in [2.75, 3.05) is 6.61 Å². The van der Waals surface area contributed by atoms with Crippen LogP contribution in [0.2, 0.25) is 0 Å². The first-order valence-electron chi connectivity index (χ1n) is 6.92. The largest absolute Gasteiger partial charge is 0.377 e. The number of hydrogen-bond donors (Lipinski definition) is 1. The zero-order valence-corrected chi connectivity index (χ0v) is 11.5. The quantitative estimate of drug-likeness (QED) is 0.886. The molecule has 4 heteroatoms. The first kappa shape index (κ1) is 12.2. The lowest BCUT2D eigenvalue weighted by Crippen LogP contribution is -2.69. The SMILES string of the molecule is Cn1ccnc1CNC1C2CCCOC2C1(C)C. The Bertz CT molecular complexity index is 426. The van der Waals surface area contributed by atoms with Gasteiger partial charge in [-0.3, -0.25) is 0 Å². The lowest BCUT2D eigenvalue weighted by molar-refractivity contribution is -0.193. The Labute approximate surface area is 109 Å².